The molecule has 1 rings (SSSR count). The fraction of sp³-hybridized carbons (Fsp3) is 0.400. The average molecular weight is 259 g/mol. The molecule has 1 atom stereocenters. The van der Waals surface area contributed by atoms with E-state index in [1.165, 1.54) is 0 Å². The molecule has 4 heteroatoms. The number of hydrogen-bond donors (Lipinski definition) is 2. The van der Waals surface area contributed by atoms with Gasteiger partial charge >= 0.3 is 0 Å². The Morgan fingerprint density at radius 3 is 2.57 bits per heavy atom. The monoisotopic (exact) mass is 258 g/mol. The highest BCUT2D eigenvalue weighted by Gasteiger charge is 2.08. The van der Waals surface area contributed by atoms with Crippen molar-refractivity contribution >= 4 is 15.9 Å². The number of benzene rings is 1. The number of hydrogen-bond acceptors (Lipinski definition) is 3. The van der Waals surface area contributed by atoms with Crippen molar-refractivity contribution < 1.29 is 4.74 Å². The Hall–Kier alpha value is -0.420. The third-order valence-corrected chi connectivity index (χ3v) is 2.49. The van der Waals surface area contributed by atoms with Gasteiger partial charge < -0.3 is 4.74 Å². The van der Waals surface area contributed by atoms with Crippen molar-refractivity contribution in [1.82, 2.24) is 5.43 Å². The van der Waals surface area contributed by atoms with Crippen LogP contribution in [0.5, 0.6) is 0 Å². The first kappa shape index (κ1) is 11.7. The second-order valence-corrected chi connectivity index (χ2v) is 3.85. The normalized spacial score (nSPS) is 12.8. The van der Waals surface area contributed by atoms with Gasteiger partial charge in [-0.1, -0.05) is 28.1 Å². The molecule has 0 aliphatic carbocycles. The summed E-state index contributed by atoms with van der Waals surface area (Å²) >= 11 is 3.39. The van der Waals surface area contributed by atoms with E-state index in [0.29, 0.717) is 13.2 Å². The fourth-order valence-electron chi connectivity index (χ4n) is 1.17. The van der Waals surface area contributed by atoms with Gasteiger partial charge in [-0.05, 0) is 24.6 Å². The molecule has 0 aliphatic heterocycles. The summed E-state index contributed by atoms with van der Waals surface area (Å²) < 4.78 is 6.38. The summed E-state index contributed by atoms with van der Waals surface area (Å²) in [5.74, 6) is 5.44. The summed E-state index contributed by atoms with van der Waals surface area (Å²) in [6.07, 6.45) is 0. The van der Waals surface area contributed by atoms with Crippen molar-refractivity contribution in [3.8, 4) is 0 Å². The van der Waals surface area contributed by atoms with Crippen LogP contribution < -0.4 is 11.3 Å². The summed E-state index contributed by atoms with van der Waals surface area (Å²) in [5, 5.41) is 0. The van der Waals surface area contributed by atoms with Crippen molar-refractivity contribution in [3.63, 3.8) is 0 Å². The highest BCUT2D eigenvalue weighted by Crippen LogP contribution is 2.16. The summed E-state index contributed by atoms with van der Waals surface area (Å²) in [6, 6.07) is 8.08. The molecule has 0 radical (unpaired) electrons. The maximum absolute atomic E-state index is 5.44. The molecule has 0 saturated carbocycles. The first-order valence-corrected chi connectivity index (χ1v) is 5.36. The van der Waals surface area contributed by atoms with Gasteiger partial charge in [-0.15, -0.1) is 0 Å². The largest absolute Gasteiger partial charge is 0.380 e. The van der Waals surface area contributed by atoms with Crippen molar-refractivity contribution in [2.45, 2.75) is 13.0 Å². The number of hydrazine groups is 1. The van der Waals surface area contributed by atoms with E-state index in [4.69, 9.17) is 10.6 Å². The minimum Gasteiger partial charge on any atom is -0.380 e. The third-order valence-electron chi connectivity index (χ3n) is 1.96. The fourth-order valence-corrected chi connectivity index (χ4v) is 1.44. The number of nitrogens with one attached hydrogen (secondary N) is 1. The summed E-state index contributed by atoms with van der Waals surface area (Å²) in [4.78, 5) is 0. The Morgan fingerprint density at radius 2 is 2.07 bits per heavy atom. The summed E-state index contributed by atoms with van der Waals surface area (Å²) in [6.45, 7) is 3.26. The quantitative estimate of drug-likeness (QED) is 0.628. The predicted octanol–water partition coefficient (Wildman–Crippen LogP) is 1.99. The van der Waals surface area contributed by atoms with E-state index >= 15 is 0 Å². The molecule has 3 N–H and O–H groups in total. The van der Waals surface area contributed by atoms with Crippen LogP contribution in [0.25, 0.3) is 0 Å². The Kier molecular flexibility index (Phi) is 5.11. The Bertz CT molecular complexity index is 263. The smallest absolute Gasteiger partial charge is 0.0693 e. The maximum atomic E-state index is 5.44. The number of ether oxygens (including phenoxy) is 1. The molecule has 14 heavy (non-hydrogen) atoms. The zero-order valence-corrected chi connectivity index (χ0v) is 9.75. The standard InChI is InChI=1S/C10H15BrN2O/c1-2-14-7-10(13-12)8-3-5-9(11)6-4-8/h3-6,10,13H,2,7,12H2,1H3. The van der Waals surface area contributed by atoms with Crippen LogP contribution in [0, 0.1) is 0 Å². The second-order valence-electron chi connectivity index (χ2n) is 2.93. The van der Waals surface area contributed by atoms with Crippen LogP contribution in [0.15, 0.2) is 28.7 Å². The molecule has 3 nitrogen and oxygen atoms in total. The Morgan fingerprint density at radius 1 is 1.43 bits per heavy atom. The molecule has 1 aromatic rings. The van der Waals surface area contributed by atoms with Gasteiger partial charge in [-0.25, -0.2) is 0 Å². The minimum absolute atomic E-state index is 0.0584. The van der Waals surface area contributed by atoms with Crippen LogP contribution in [0.2, 0.25) is 0 Å². The molecule has 0 heterocycles. The zero-order chi connectivity index (χ0) is 10.4. The lowest BCUT2D eigenvalue weighted by Crippen LogP contribution is -2.31. The molecule has 1 unspecified atom stereocenters. The molecule has 0 bridgehead atoms. The van der Waals surface area contributed by atoms with Crippen LogP contribution in [0.1, 0.15) is 18.5 Å². The third kappa shape index (κ3) is 3.38. The molecule has 0 spiro atoms. The highest BCUT2D eigenvalue weighted by molar-refractivity contribution is 9.10. The van der Waals surface area contributed by atoms with Gasteiger partial charge in [-0.3, -0.25) is 11.3 Å². The van der Waals surface area contributed by atoms with Gasteiger partial charge in [0.2, 0.25) is 0 Å². The molecule has 0 saturated heterocycles. The molecule has 0 amide bonds. The predicted molar refractivity (Wildman–Crippen MR) is 60.7 cm³/mol. The maximum Gasteiger partial charge on any atom is 0.0693 e. The first-order chi connectivity index (χ1) is 6.77. The lowest BCUT2D eigenvalue weighted by atomic mass is 10.1. The van der Waals surface area contributed by atoms with Gasteiger partial charge in [0, 0.05) is 11.1 Å². The Balaban J connectivity index is 2.64. The van der Waals surface area contributed by atoms with E-state index in [-0.39, 0.29) is 6.04 Å². The Labute approximate surface area is 92.7 Å². The van der Waals surface area contributed by atoms with Crippen LogP contribution in [0.3, 0.4) is 0 Å². The van der Waals surface area contributed by atoms with Crippen LogP contribution in [-0.4, -0.2) is 13.2 Å². The highest BCUT2D eigenvalue weighted by atomic mass is 79.9. The summed E-state index contributed by atoms with van der Waals surface area (Å²) in [7, 11) is 0. The minimum atomic E-state index is 0.0584. The zero-order valence-electron chi connectivity index (χ0n) is 8.16. The molecule has 1 aromatic carbocycles. The van der Waals surface area contributed by atoms with E-state index in [9.17, 15) is 0 Å². The lowest BCUT2D eigenvalue weighted by molar-refractivity contribution is 0.123. The summed E-state index contributed by atoms with van der Waals surface area (Å²) in [5.41, 5.74) is 3.86. The van der Waals surface area contributed by atoms with Crippen molar-refractivity contribution in [2.24, 2.45) is 5.84 Å². The van der Waals surface area contributed by atoms with Crippen molar-refractivity contribution in [3.05, 3.63) is 34.3 Å². The van der Waals surface area contributed by atoms with Crippen LogP contribution >= 0.6 is 15.9 Å². The van der Waals surface area contributed by atoms with Gasteiger partial charge in [0.25, 0.3) is 0 Å². The number of rotatable bonds is 5. The van der Waals surface area contributed by atoms with E-state index in [2.05, 4.69) is 21.4 Å². The van der Waals surface area contributed by atoms with E-state index in [1.807, 2.05) is 31.2 Å². The van der Waals surface area contributed by atoms with E-state index in [0.717, 1.165) is 10.0 Å². The topological polar surface area (TPSA) is 47.3 Å². The SMILES string of the molecule is CCOCC(NN)c1ccc(Br)cc1. The molecule has 0 aromatic heterocycles. The van der Waals surface area contributed by atoms with Crippen molar-refractivity contribution in [2.75, 3.05) is 13.2 Å². The van der Waals surface area contributed by atoms with Gasteiger partial charge in [0.1, 0.15) is 0 Å². The number of nitrogens with two attached hydrogens (primary N) is 1. The van der Waals surface area contributed by atoms with Gasteiger partial charge in [-0.2, -0.15) is 0 Å². The molecule has 78 valence electrons. The average Bonchev–Trinajstić information content (AvgIpc) is 2.21. The van der Waals surface area contributed by atoms with E-state index < -0.39 is 0 Å². The molecule has 0 aliphatic rings. The first-order valence-electron chi connectivity index (χ1n) is 4.57. The van der Waals surface area contributed by atoms with E-state index in [1.54, 1.807) is 0 Å². The lowest BCUT2D eigenvalue weighted by Gasteiger charge is -2.15. The van der Waals surface area contributed by atoms with Gasteiger partial charge in [0.15, 0.2) is 0 Å². The van der Waals surface area contributed by atoms with Crippen LogP contribution in [0.4, 0.5) is 0 Å². The van der Waals surface area contributed by atoms with Gasteiger partial charge in [0.05, 0.1) is 12.6 Å². The molecular weight excluding hydrogens is 244 g/mol. The molecule has 0 fully saturated rings. The van der Waals surface area contributed by atoms with Crippen LogP contribution in [-0.2, 0) is 4.74 Å². The molecular formula is C10H15BrN2O. The second kappa shape index (κ2) is 6.14. The number of halogens is 1. The van der Waals surface area contributed by atoms with Crippen molar-refractivity contribution in [1.29, 1.82) is 0 Å².